The van der Waals surface area contributed by atoms with E-state index in [1.54, 1.807) is 12.1 Å². The van der Waals surface area contributed by atoms with Gasteiger partial charge in [-0.25, -0.2) is 9.97 Å². The highest BCUT2D eigenvalue weighted by atomic mass is 19.3. The molecule has 0 saturated carbocycles. The topological polar surface area (TPSA) is 76.5 Å². The molecule has 2 heterocycles. The van der Waals surface area contributed by atoms with Gasteiger partial charge in [-0.05, 0) is 23.8 Å². The third-order valence-electron chi connectivity index (χ3n) is 4.02. The van der Waals surface area contributed by atoms with Crippen LogP contribution >= 0.6 is 0 Å². The second-order valence-electron chi connectivity index (χ2n) is 5.92. The van der Waals surface area contributed by atoms with Crippen LogP contribution in [0.3, 0.4) is 0 Å². The number of nitrogens with one attached hydrogen (secondary N) is 1. The number of hydrogen-bond donors (Lipinski definition) is 2. The molecule has 0 aliphatic carbocycles. The third kappa shape index (κ3) is 3.80. The third-order valence-corrected chi connectivity index (χ3v) is 4.02. The van der Waals surface area contributed by atoms with E-state index >= 15 is 0 Å². The number of aliphatic hydroxyl groups excluding tert-OH is 1. The molecular weight excluding hydrogens is 356 g/mol. The summed E-state index contributed by atoms with van der Waals surface area (Å²) in [4.78, 5) is 8.28. The van der Waals surface area contributed by atoms with E-state index in [9.17, 15) is 13.9 Å². The van der Waals surface area contributed by atoms with Crippen molar-refractivity contribution < 1.29 is 23.4 Å². The molecule has 0 unspecified atom stereocenters. The molecule has 3 aromatic rings. The van der Waals surface area contributed by atoms with Crippen molar-refractivity contribution in [2.75, 3.05) is 11.9 Å². The van der Waals surface area contributed by atoms with Crippen molar-refractivity contribution in [1.82, 2.24) is 9.97 Å². The molecule has 0 spiro atoms. The molecule has 0 amide bonds. The lowest BCUT2D eigenvalue weighted by Crippen LogP contribution is -2.25. The van der Waals surface area contributed by atoms with Gasteiger partial charge < -0.3 is 19.9 Å². The Morgan fingerprint density at radius 2 is 1.78 bits per heavy atom. The van der Waals surface area contributed by atoms with Gasteiger partial charge in [0, 0.05) is 18.2 Å². The van der Waals surface area contributed by atoms with E-state index in [0.717, 1.165) is 5.56 Å². The van der Waals surface area contributed by atoms with Gasteiger partial charge in [-0.1, -0.05) is 30.3 Å². The number of anilines is 1. The van der Waals surface area contributed by atoms with Crippen molar-refractivity contribution in [3.63, 3.8) is 0 Å². The lowest BCUT2D eigenvalue weighted by molar-refractivity contribution is -0.286. The summed E-state index contributed by atoms with van der Waals surface area (Å²) in [6, 6.07) is 15.3. The number of halogens is 2. The molecule has 2 aromatic carbocycles. The van der Waals surface area contributed by atoms with Crippen molar-refractivity contribution in [3.8, 4) is 22.8 Å². The van der Waals surface area contributed by atoms with Crippen LogP contribution in [0.4, 0.5) is 14.6 Å². The molecule has 6 nitrogen and oxygen atoms in total. The van der Waals surface area contributed by atoms with Gasteiger partial charge in [-0.3, -0.25) is 0 Å². The molecule has 0 bridgehead atoms. The fourth-order valence-corrected chi connectivity index (χ4v) is 2.71. The first-order valence-electron chi connectivity index (χ1n) is 8.19. The average molecular weight is 371 g/mol. The van der Waals surface area contributed by atoms with Crippen molar-refractivity contribution in [2.24, 2.45) is 0 Å². The molecule has 4 rings (SSSR count). The van der Waals surface area contributed by atoms with Crippen molar-refractivity contribution in [1.29, 1.82) is 0 Å². The van der Waals surface area contributed by atoms with E-state index in [2.05, 4.69) is 24.8 Å². The van der Waals surface area contributed by atoms with Crippen LogP contribution in [-0.2, 0) is 0 Å². The minimum absolute atomic E-state index is 0.0258. The summed E-state index contributed by atoms with van der Waals surface area (Å²) in [5, 5.41) is 13.3. The summed E-state index contributed by atoms with van der Waals surface area (Å²) >= 11 is 0. The van der Waals surface area contributed by atoms with Crippen LogP contribution < -0.4 is 14.8 Å². The summed E-state index contributed by atoms with van der Waals surface area (Å²) in [7, 11) is 0. The van der Waals surface area contributed by atoms with Gasteiger partial charge >= 0.3 is 6.29 Å². The highest BCUT2D eigenvalue weighted by molar-refractivity contribution is 5.66. The lowest BCUT2D eigenvalue weighted by Gasteiger charge is -2.13. The number of aromatic nitrogens is 2. The molecule has 27 heavy (non-hydrogen) atoms. The highest BCUT2D eigenvalue weighted by Gasteiger charge is 2.43. The van der Waals surface area contributed by atoms with E-state index < -0.39 is 12.4 Å². The normalized spacial score (nSPS) is 15.4. The maximum atomic E-state index is 13.1. The Bertz CT molecular complexity index is 954. The molecule has 1 aliphatic heterocycles. The van der Waals surface area contributed by atoms with Crippen LogP contribution in [0.1, 0.15) is 11.7 Å². The number of fused-ring (bicyclic) bond motifs is 1. The second-order valence-corrected chi connectivity index (χ2v) is 5.92. The molecule has 0 saturated heterocycles. The fraction of sp³-hybridized carbons (Fsp3) is 0.158. The summed E-state index contributed by atoms with van der Waals surface area (Å²) in [5.41, 5.74) is 1.88. The first kappa shape index (κ1) is 17.2. The van der Waals surface area contributed by atoms with Crippen molar-refractivity contribution in [2.45, 2.75) is 12.4 Å². The Labute approximate surface area is 153 Å². The molecule has 1 atom stereocenters. The lowest BCUT2D eigenvalue weighted by atomic mass is 10.1. The van der Waals surface area contributed by atoms with Crippen LogP contribution in [-0.4, -0.2) is 27.9 Å². The average Bonchev–Trinajstić information content (AvgIpc) is 3.00. The number of alkyl halides is 2. The Hall–Kier alpha value is -3.26. The Balaban J connectivity index is 1.49. The highest BCUT2D eigenvalue weighted by Crippen LogP contribution is 2.42. The van der Waals surface area contributed by atoms with Crippen LogP contribution in [0, 0.1) is 0 Å². The molecule has 2 N–H and O–H groups in total. The first-order chi connectivity index (χ1) is 13.0. The predicted molar refractivity (Wildman–Crippen MR) is 93.6 cm³/mol. The van der Waals surface area contributed by atoms with Crippen LogP contribution in [0.2, 0.25) is 0 Å². The van der Waals surface area contributed by atoms with E-state index in [-0.39, 0.29) is 18.0 Å². The maximum absolute atomic E-state index is 13.1. The van der Waals surface area contributed by atoms with E-state index in [1.165, 1.54) is 18.5 Å². The Morgan fingerprint density at radius 1 is 1.00 bits per heavy atom. The zero-order chi connectivity index (χ0) is 18.9. The smallest absolute Gasteiger partial charge is 0.395 e. The van der Waals surface area contributed by atoms with Crippen LogP contribution in [0.15, 0.2) is 60.9 Å². The van der Waals surface area contributed by atoms with Crippen LogP contribution in [0.5, 0.6) is 11.5 Å². The van der Waals surface area contributed by atoms with E-state index in [1.807, 2.05) is 30.3 Å². The van der Waals surface area contributed by atoms with E-state index in [0.29, 0.717) is 17.1 Å². The molecule has 8 heteroatoms. The number of ether oxygens (including phenoxy) is 2. The molecule has 0 fully saturated rings. The zero-order valence-corrected chi connectivity index (χ0v) is 14.0. The SMILES string of the molecule is O[C@@H](CNc1cc(-c2ccc3c(c2)OC(F)(F)O3)ncn1)c1ccccc1. The number of rotatable bonds is 5. The Morgan fingerprint density at radius 3 is 2.59 bits per heavy atom. The Kier molecular flexibility index (Phi) is 4.33. The molecule has 1 aliphatic rings. The van der Waals surface area contributed by atoms with Gasteiger partial charge in [-0.2, -0.15) is 0 Å². The second kappa shape index (κ2) is 6.81. The van der Waals surface area contributed by atoms with E-state index in [4.69, 9.17) is 0 Å². The number of nitrogens with zero attached hydrogens (tertiary/aromatic N) is 2. The number of aliphatic hydroxyl groups is 1. The van der Waals surface area contributed by atoms with Crippen LogP contribution in [0.25, 0.3) is 11.3 Å². The first-order valence-corrected chi connectivity index (χ1v) is 8.19. The van der Waals surface area contributed by atoms with Crippen molar-refractivity contribution >= 4 is 5.82 Å². The summed E-state index contributed by atoms with van der Waals surface area (Å²) in [5.74, 6) is 0.422. The van der Waals surface area contributed by atoms with Gasteiger partial charge in [0.15, 0.2) is 11.5 Å². The molecule has 138 valence electrons. The maximum Gasteiger partial charge on any atom is 0.586 e. The zero-order valence-electron chi connectivity index (χ0n) is 14.0. The largest absolute Gasteiger partial charge is 0.586 e. The molecule has 1 aromatic heterocycles. The number of benzene rings is 2. The minimum Gasteiger partial charge on any atom is -0.395 e. The van der Waals surface area contributed by atoms with Gasteiger partial charge in [0.05, 0.1) is 11.8 Å². The number of hydrogen-bond acceptors (Lipinski definition) is 6. The predicted octanol–water partition coefficient (Wildman–Crippen LogP) is 3.61. The summed E-state index contributed by atoms with van der Waals surface area (Å²) in [6.45, 7) is 0.258. The van der Waals surface area contributed by atoms with Gasteiger partial charge in [0.25, 0.3) is 0 Å². The van der Waals surface area contributed by atoms with Gasteiger partial charge in [0.2, 0.25) is 0 Å². The minimum atomic E-state index is -3.66. The molecular formula is C19H15F2N3O3. The molecule has 0 radical (unpaired) electrons. The van der Waals surface area contributed by atoms with Crippen molar-refractivity contribution in [3.05, 3.63) is 66.5 Å². The van der Waals surface area contributed by atoms with Gasteiger partial charge in [0.1, 0.15) is 12.1 Å². The fourth-order valence-electron chi connectivity index (χ4n) is 2.71. The monoisotopic (exact) mass is 371 g/mol. The summed E-state index contributed by atoms with van der Waals surface area (Å²) in [6.07, 6.45) is -3.00. The summed E-state index contributed by atoms with van der Waals surface area (Å²) < 4.78 is 35.1. The quantitative estimate of drug-likeness (QED) is 0.714. The van der Waals surface area contributed by atoms with Gasteiger partial charge in [-0.15, -0.1) is 8.78 Å². The standard InChI is InChI=1S/C19H15F2N3O3/c20-19(21)26-16-7-6-13(8-17(16)27-19)14-9-18(24-11-23-14)22-10-15(25)12-4-2-1-3-5-12/h1-9,11,15,25H,10H2,(H,22,23,24)/t15-/m0/s1.